The predicted octanol–water partition coefficient (Wildman–Crippen LogP) is 1.96. The number of esters is 1. The number of carbonyl (C=O) groups is 5. The predicted molar refractivity (Wildman–Crippen MR) is 189 cm³/mol. The summed E-state index contributed by atoms with van der Waals surface area (Å²) in [6, 6.07) is 3.53. The SMILES string of the molecule is CCC(=O)OCc1ccc(NC(=O)[C@H](CCCNC(N)=O)NC(=O)[C@@H](NC(=O)NCCOCCOCCn2cc(C(C)(C)C)nn2)C(C)C)cc1. The maximum atomic E-state index is 13.3. The lowest BCUT2D eigenvalue weighted by Gasteiger charge is -2.25. The van der Waals surface area contributed by atoms with Crippen LogP contribution in [0.2, 0.25) is 0 Å². The van der Waals surface area contributed by atoms with Gasteiger partial charge in [0, 0.05) is 36.8 Å². The van der Waals surface area contributed by atoms with Crippen LogP contribution in [0.25, 0.3) is 0 Å². The number of hydrogen-bond donors (Lipinski definition) is 6. The molecule has 1 aromatic heterocycles. The van der Waals surface area contributed by atoms with Crippen LogP contribution in [-0.2, 0) is 47.2 Å². The molecule has 1 aromatic carbocycles. The van der Waals surface area contributed by atoms with Crippen LogP contribution < -0.4 is 32.3 Å². The Morgan fingerprint density at radius 2 is 1.59 bits per heavy atom. The van der Waals surface area contributed by atoms with Crippen molar-refractivity contribution in [2.45, 2.75) is 91.5 Å². The summed E-state index contributed by atoms with van der Waals surface area (Å²) in [7, 11) is 0. The Bertz CT molecular complexity index is 1390. The number of nitrogens with one attached hydrogen (secondary N) is 5. The summed E-state index contributed by atoms with van der Waals surface area (Å²) in [6.07, 6.45) is 2.70. The van der Waals surface area contributed by atoms with E-state index in [1.54, 1.807) is 49.7 Å². The number of rotatable bonds is 22. The van der Waals surface area contributed by atoms with Gasteiger partial charge in [0.1, 0.15) is 18.7 Å². The second kappa shape index (κ2) is 22.1. The van der Waals surface area contributed by atoms with Gasteiger partial charge in [0.15, 0.2) is 0 Å². The molecular weight excluding hydrogens is 662 g/mol. The summed E-state index contributed by atoms with van der Waals surface area (Å²) in [5, 5.41) is 21.6. The number of nitrogens with zero attached hydrogens (tertiary/aromatic N) is 3. The first-order valence-corrected chi connectivity index (χ1v) is 17.2. The average molecular weight is 718 g/mol. The molecule has 2 aromatic rings. The highest BCUT2D eigenvalue weighted by Gasteiger charge is 2.29. The van der Waals surface area contributed by atoms with Gasteiger partial charge in [0.25, 0.3) is 0 Å². The zero-order chi connectivity index (χ0) is 37.8. The van der Waals surface area contributed by atoms with E-state index >= 15 is 0 Å². The Hall–Kier alpha value is -4.77. The molecule has 17 nitrogen and oxygen atoms in total. The first-order chi connectivity index (χ1) is 24.2. The Balaban J connectivity index is 1.80. The topological polar surface area (TPSA) is 230 Å². The smallest absolute Gasteiger partial charge is 0.315 e. The molecule has 0 aliphatic carbocycles. The van der Waals surface area contributed by atoms with Crippen LogP contribution in [0.1, 0.15) is 72.1 Å². The number of urea groups is 2. The highest BCUT2D eigenvalue weighted by molar-refractivity contribution is 5.98. The van der Waals surface area contributed by atoms with Crippen LogP contribution in [0, 0.1) is 5.92 Å². The fourth-order valence-corrected chi connectivity index (χ4v) is 4.42. The molecule has 0 radical (unpaired) electrons. The van der Waals surface area contributed by atoms with Gasteiger partial charge >= 0.3 is 18.0 Å². The van der Waals surface area contributed by atoms with E-state index in [0.717, 1.165) is 11.3 Å². The van der Waals surface area contributed by atoms with Gasteiger partial charge in [-0.1, -0.05) is 58.9 Å². The highest BCUT2D eigenvalue weighted by Crippen LogP contribution is 2.18. The molecule has 0 spiro atoms. The largest absolute Gasteiger partial charge is 0.461 e. The number of benzene rings is 1. The maximum absolute atomic E-state index is 13.3. The Morgan fingerprint density at radius 3 is 2.20 bits per heavy atom. The quantitative estimate of drug-likeness (QED) is 0.0766. The first kappa shape index (κ1) is 42.4. The van der Waals surface area contributed by atoms with Gasteiger partial charge in [-0.15, -0.1) is 5.10 Å². The van der Waals surface area contributed by atoms with Crippen LogP contribution in [0.5, 0.6) is 0 Å². The van der Waals surface area contributed by atoms with E-state index in [4.69, 9.17) is 19.9 Å². The molecule has 0 aliphatic heterocycles. The minimum atomic E-state index is -0.990. The summed E-state index contributed by atoms with van der Waals surface area (Å²) >= 11 is 0. The number of hydrogen-bond acceptors (Lipinski definition) is 10. The fraction of sp³-hybridized carbons (Fsp3) is 0.618. The van der Waals surface area contributed by atoms with Gasteiger partial charge in [0.2, 0.25) is 11.8 Å². The number of carbonyl (C=O) groups excluding carboxylic acids is 5. The number of nitrogens with two attached hydrogens (primary N) is 1. The molecule has 7 N–H and O–H groups in total. The van der Waals surface area contributed by atoms with Crippen molar-refractivity contribution in [3.05, 3.63) is 41.7 Å². The molecule has 0 unspecified atom stereocenters. The van der Waals surface area contributed by atoms with Crippen molar-refractivity contribution in [1.82, 2.24) is 36.3 Å². The summed E-state index contributed by atoms with van der Waals surface area (Å²) in [6.45, 7) is 13.9. The molecular formula is C34H55N9O8. The van der Waals surface area contributed by atoms with Gasteiger partial charge in [-0.25, -0.2) is 14.3 Å². The summed E-state index contributed by atoms with van der Waals surface area (Å²) < 4.78 is 18.0. The minimum Gasteiger partial charge on any atom is -0.461 e. The van der Waals surface area contributed by atoms with Crippen molar-refractivity contribution in [3.63, 3.8) is 0 Å². The third-order valence-corrected chi connectivity index (χ3v) is 7.42. The Labute approximate surface area is 299 Å². The molecule has 0 fully saturated rings. The average Bonchev–Trinajstić information content (AvgIpc) is 3.57. The third-order valence-electron chi connectivity index (χ3n) is 7.42. The van der Waals surface area contributed by atoms with Gasteiger partial charge in [-0.3, -0.25) is 14.4 Å². The molecule has 0 bridgehead atoms. The van der Waals surface area contributed by atoms with Crippen LogP contribution in [0.3, 0.4) is 0 Å². The lowest BCUT2D eigenvalue weighted by atomic mass is 9.93. The Morgan fingerprint density at radius 1 is 0.902 bits per heavy atom. The van der Waals surface area contributed by atoms with Gasteiger partial charge in [-0.05, 0) is 36.5 Å². The lowest BCUT2D eigenvalue weighted by Crippen LogP contribution is -2.56. The molecule has 0 saturated carbocycles. The van der Waals surface area contributed by atoms with Gasteiger partial charge < -0.3 is 46.5 Å². The number of amides is 6. The molecule has 17 heteroatoms. The van der Waals surface area contributed by atoms with Crippen molar-refractivity contribution >= 4 is 35.5 Å². The van der Waals surface area contributed by atoms with Crippen LogP contribution in [0.15, 0.2) is 30.5 Å². The monoisotopic (exact) mass is 717 g/mol. The van der Waals surface area contributed by atoms with E-state index in [9.17, 15) is 24.0 Å². The van der Waals surface area contributed by atoms with Gasteiger partial charge in [-0.2, -0.15) is 0 Å². The van der Waals surface area contributed by atoms with Crippen molar-refractivity contribution < 1.29 is 38.2 Å². The third kappa shape index (κ3) is 17.1. The molecule has 51 heavy (non-hydrogen) atoms. The molecule has 284 valence electrons. The van der Waals surface area contributed by atoms with E-state index in [-0.39, 0.29) is 56.4 Å². The maximum Gasteiger partial charge on any atom is 0.315 e. The van der Waals surface area contributed by atoms with Crippen molar-refractivity contribution in [1.29, 1.82) is 0 Å². The van der Waals surface area contributed by atoms with Crippen molar-refractivity contribution in [3.8, 4) is 0 Å². The van der Waals surface area contributed by atoms with E-state index < -0.39 is 36.0 Å². The number of ether oxygens (including phenoxy) is 3. The minimum absolute atomic E-state index is 0.0702. The molecule has 2 rings (SSSR count). The zero-order valence-corrected chi connectivity index (χ0v) is 30.6. The van der Waals surface area contributed by atoms with Gasteiger partial charge in [0.05, 0.1) is 38.7 Å². The molecule has 2 atom stereocenters. The number of aromatic nitrogens is 3. The molecule has 0 aliphatic rings. The number of primary amides is 1. The zero-order valence-electron chi connectivity index (χ0n) is 30.6. The van der Waals surface area contributed by atoms with Crippen molar-refractivity contribution in [2.24, 2.45) is 11.7 Å². The fourth-order valence-electron chi connectivity index (χ4n) is 4.42. The van der Waals surface area contributed by atoms with E-state index in [1.165, 1.54) is 0 Å². The first-order valence-electron chi connectivity index (χ1n) is 17.2. The van der Waals surface area contributed by atoms with Crippen LogP contribution in [0.4, 0.5) is 15.3 Å². The van der Waals surface area contributed by atoms with E-state index in [1.807, 2.05) is 6.20 Å². The second-order valence-electron chi connectivity index (χ2n) is 13.2. The molecule has 6 amide bonds. The molecule has 0 saturated heterocycles. The molecule has 1 heterocycles. The standard InChI is InChI=1S/C34H55N9O8/c1-7-28(44)51-22-24-10-12-25(13-11-24)38-30(45)26(9-8-14-36-32(35)47)39-31(46)29(23(2)3)40-33(48)37-15-17-49-19-20-50-18-16-43-21-27(41-42-43)34(4,5)6/h10-13,21,23,26,29H,7-9,14-20,22H2,1-6H3,(H,38,45)(H,39,46)(H3,35,36,47)(H2,37,40,48)/t26-,29-/m0/s1. The summed E-state index contributed by atoms with van der Waals surface area (Å²) in [5.41, 5.74) is 7.19. The highest BCUT2D eigenvalue weighted by atomic mass is 16.5. The summed E-state index contributed by atoms with van der Waals surface area (Å²) in [4.78, 5) is 61.8. The van der Waals surface area contributed by atoms with Crippen molar-refractivity contribution in [2.75, 3.05) is 44.8 Å². The normalized spacial score (nSPS) is 12.5. The Kier molecular flexibility index (Phi) is 18.4. The summed E-state index contributed by atoms with van der Waals surface area (Å²) in [5.74, 6) is -1.67. The van der Waals surface area contributed by atoms with E-state index in [0.29, 0.717) is 38.5 Å². The van der Waals surface area contributed by atoms with Crippen LogP contribution in [-0.4, -0.2) is 96.4 Å². The van der Waals surface area contributed by atoms with Crippen LogP contribution >= 0.6 is 0 Å². The van der Waals surface area contributed by atoms with E-state index in [2.05, 4.69) is 57.7 Å². The lowest BCUT2D eigenvalue weighted by molar-refractivity contribution is -0.144. The second-order valence-corrected chi connectivity index (χ2v) is 13.2. The number of anilines is 1.